The van der Waals surface area contributed by atoms with E-state index in [0.717, 1.165) is 5.25 Å². The number of thioether (sulfide) groups is 1. The number of nitrogens with two attached hydrogens (primary N) is 1. The van der Waals surface area contributed by atoms with Gasteiger partial charge < -0.3 is 5.73 Å². The summed E-state index contributed by atoms with van der Waals surface area (Å²) in [6.07, 6.45) is 8.18. The molecule has 1 fully saturated rings. The van der Waals surface area contributed by atoms with E-state index >= 15 is 0 Å². The van der Waals surface area contributed by atoms with E-state index in [4.69, 9.17) is 5.73 Å². The van der Waals surface area contributed by atoms with E-state index in [9.17, 15) is 0 Å². The Morgan fingerprint density at radius 2 is 2.08 bits per heavy atom. The fourth-order valence-electron chi connectivity index (χ4n) is 1.77. The molecule has 72 valence electrons. The molecular formula is C10H21NS. The van der Waals surface area contributed by atoms with Crippen LogP contribution in [0.4, 0.5) is 0 Å². The zero-order chi connectivity index (χ0) is 8.81. The average Bonchev–Trinajstić information content (AvgIpc) is 2.53. The molecule has 0 aromatic heterocycles. The van der Waals surface area contributed by atoms with Crippen LogP contribution in [0.15, 0.2) is 0 Å². The molecule has 1 nitrogen and oxygen atoms in total. The standard InChI is InChI=1S/C10H21NS/c1-2-5-9(11)8-12-10-6-3-4-7-10/h9-10H,2-8,11H2,1H3. The third-order valence-electron chi connectivity index (χ3n) is 2.51. The third kappa shape index (κ3) is 3.81. The number of hydrogen-bond donors (Lipinski definition) is 1. The average molecular weight is 187 g/mol. The molecule has 0 radical (unpaired) electrons. The van der Waals surface area contributed by atoms with E-state index < -0.39 is 0 Å². The molecule has 1 unspecified atom stereocenters. The molecule has 1 rings (SSSR count). The zero-order valence-electron chi connectivity index (χ0n) is 8.09. The molecule has 0 aromatic carbocycles. The summed E-state index contributed by atoms with van der Waals surface area (Å²) < 4.78 is 0. The highest BCUT2D eigenvalue weighted by molar-refractivity contribution is 7.99. The van der Waals surface area contributed by atoms with Crippen LogP contribution < -0.4 is 5.73 Å². The van der Waals surface area contributed by atoms with Crippen molar-refractivity contribution in [2.75, 3.05) is 5.75 Å². The molecule has 0 amide bonds. The summed E-state index contributed by atoms with van der Waals surface area (Å²) >= 11 is 2.11. The lowest BCUT2D eigenvalue weighted by Crippen LogP contribution is -2.23. The monoisotopic (exact) mass is 187 g/mol. The fraction of sp³-hybridized carbons (Fsp3) is 1.00. The Balaban J connectivity index is 1.99. The van der Waals surface area contributed by atoms with Gasteiger partial charge in [0.15, 0.2) is 0 Å². The molecule has 1 atom stereocenters. The smallest absolute Gasteiger partial charge is 0.0130 e. The molecule has 0 heterocycles. The van der Waals surface area contributed by atoms with Gasteiger partial charge in [-0.05, 0) is 19.3 Å². The third-order valence-corrected chi connectivity index (χ3v) is 4.07. The topological polar surface area (TPSA) is 26.0 Å². The molecule has 0 spiro atoms. The molecule has 12 heavy (non-hydrogen) atoms. The Labute approximate surface area is 80.5 Å². The molecule has 1 aliphatic rings. The maximum atomic E-state index is 5.94. The van der Waals surface area contributed by atoms with Crippen molar-refractivity contribution in [3.05, 3.63) is 0 Å². The maximum absolute atomic E-state index is 5.94. The highest BCUT2D eigenvalue weighted by Gasteiger charge is 2.15. The Morgan fingerprint density at radius 1 is 1.42 bits per heavy atom. The summed E-state index contributed by atoms with van der Waals surface area (Å²) in [7, 11) is 0. The van der Waals surface area contributed by atoms with Gasteiger partial charge in [0.2, 0.25) is 0 Å². The second-order valence-corrected chi connectivity index (χ2v) is 5.12. The van der Waals surface area contributed by atoms with Gasteiger partial charge in [-0.3, -0.25) is 0 Å². The summed E-state index contributed by atoms with van der Waals surface area (Å²) in [6.45, 7) is 2.21. The Hall–Kier alpha value is 0.310. The van der Waals surface area contributed by atoms with Gasteiger partial charge in [0.05, 0.1) is 0 Å². The van der Waals surface area contributed by atoms with E-state index in [1.165, 1.54) is 44.3 Å². The van der Waals surface area contributed by atoms with Gasteiger partial charge in [-0.2, -0.15) is 11.8 Å². The molecule has 1 aliphatic carbocycles. The SMILES string of the molecule is CCCC(N)CSC1CCCC1. The molecule has 1 saturated carbocycles. The summed E-state index contributed by atoms with van der Waals surface area (Å²) in [5.41, 5.74) is 5.94. The minimum absolute atomic E-state index is 0.445. The van der Waals surface area contributed by atoms with Gasteiger partial charge in [0.25, 0.3) is 0 Å². The van der Waals surface area contributed by atoms with Gasteiger partial charge in [-0.25, -0.2) is 0 Å². The molecule has 0 aromatic rings. The molecule has 0 saturated heterocycles. The van der Waals surface area contributed by atoms with Crippen LogP contribution in [-0.2, 0) is 0 Å². The Bertz CT molecular complexity index is 110. The quantitative estimate of drug-likeness (QED) is 0.716. The molecular weight excluding hydrogens is 166 g/mol. The number of rotatable bonds is 5. The summed E-state index contributed by atoms with van der Waals surface area (Å²) in [6, 6.07) is 0.445. The second kappa shape index (κ2) is 5.87. The predicted molar refractivity (Wildman–Crippen MR) is 57.6 cm³/mol. The minimum Gasteiger partial charge on any atom is -0.327 e. The Kier molecular flexibility index (Phi) is 5.08. The van der Waals surface area contributed by atoms with Crippen LogP contribution >= 0.6 is 11.8 Å². The summed E-state index contributed by atoms with van der Waals surface area (Å²) in [5.74, 6) is 1.18. The molecule has 2 N–H and O–H groups in total. The first-order valence-electron chi connectivity index (χ1n) is 5.20. The van der Waals surface area contributed by atoms with Crippen LogP contribution in [-0.4, -0.2) is 17.0 Å². The van der Waals surface area contributed by atoms with Crippen molar-refractivity contribution >= 4 is 11.8 Å². The van der Waals surface area contributed by atoms with E-state index in [-0.39, 0.29) is 0 Å². The predicted octanol–water partition coefficient (Wildman–Crippen LogP) is 2.79. The summed E-state index contributed by atoms with van der Waals surface area (Å²) in [5, 5.41) is 0.938. The van der Waals surface area contributed by atoms with Crippen molar-refractivity contribution in [1.29, 1.82) is 0 Å². The van der Waals surface area contributed by atoms with Crippen molar-refractivity contribution < 1.29 is 0 Å². The lowest BCUT2D eigenvalue weighted by molar-refractivity contribution is 0.659. The molecule has 2 heteroatoms. The van der Waals surface area contributed by atoms with Crippen molar-refractivity contribution in [1.82, 2.24) is 0 Å². The van der Waals surface area contributed by atoms with E-state index in [1.807, 2.05) is 0 Å². The van der Waals surface area contributed by atoms with Crippen molar-refractivity contribution in [3.8, 4) is 0 Å². The first-order chi connectivity index (χ1) is 5.83. The van der Waals surface area contributed by atoms with Crippen molar-refractivity contribution in [3.63, 3.8) is 0 Å². The van der Waals surface area contributed by atoms with Gasteiger partial charge >= 0.3 is 0 Å². The largest absolute Gasteiger partial charge is 0.327 e. The van der Waals surface area contributed by atoms with Gasteiger partial charge in [-0.1, -0.05) is 26.2 Å². The number of hydrogen-bond acceptors (Lipinski definition) is 2. The lowest BCUT2D eigenvalue weighted by Gasteiger charge is -2.13. The lowest BCUT2D eigenvalue weighted by atomic mass is 10.2. The van der Waals surface area contributed by atoms with Crippen molar-refractivity contribution in [2.45, 2.75) is 56.7 Å². The summed E-state index contributed by atoms with van der Waals surface area (Å²) in [4.78, 5) is 0. The normalized spacial score (nSPS) is 21.5. The second-order valence-electron chi connectivity index (χ2n) is 3.79. The molecule has 0 aliphatic heterocycles. The maximum Gasteiger partial charge on any atom is 0.0130 e. The minimum atomic E-state index is 0.445. The van der Waals surface area contributed by atoms with Crippen LogP contribution in [0.5, 0.6) is 0 Å². The van der Waals surface area contributed by atoms with E-state index in [1.54, 1.807) is 0 Å². The molecule has 0 bridgehead atoms. The fourth-order valence-corrected chi connectivity index (χ4v) is 3.12. The van der Waals surface area contributed by atoms with Crippen LogP contribution in [0.25, 0.3) is 0 Å². The van der Waals surface area contributed by atoms with E-state index in [0.29, 0.717) is 6.04 Å². The van der Waals surface area contributed by atoms with Gasteiger partial charge in [-0.15, -0.1) is 0 Å². The first kappa shape index (κ1) is 10.4. The van der Waals surface area contributed by atoms with Crippen LogP contribution in [0, 0.1) is 0 Å². The zero-order valence-corrected chi connectivity index (χ0v) is 8.91. The van der Waals surface area contributed by atoms with Crippen LogP contribution in [0.3, 0.4) is 0 Å². The van der Waals surface area contributed by atoms with E-state index in [2.05, 4.69) is 18.7 Å². The van der Waals surface area contributed by atoms with Crippen molar-refractivity contribution in [2.24, 2.45) is 5.73 Å². The van der Waals surface area contributed by atoms with Crippen LogP contribution in [0.1, 0.15) is 45.4 Å². The first-order valence-corrected chi connectivity index (χ1v) is 6.25. The van der Waals surface area contributed by atoms with Gasteiger partial charge in [0.1, 0.15) is 0 Å². The van der Waals surface area contributed by atoms with Crippen LogP contribution in [0.2, 0.25) is 0 Å². The highest BCUT2D eigenvalue weighted by Crippen LogP contribution is 2.29. The Morgan fingerprint density at radius 3 is 2.67 bits per heavy atom. The highest BCUT2D eigenvalue weighted by atomic mass is 32.2. The van der Waals surface area contributed by atoms with Gasteiger partial charge in [0, 0.05) is 17.0 Å².